The van der Waals surface area contributed by atoms with Gasteiger partial charge < -0.3 is 28.7 Å². The predicted octanol–water partition coefficient (Wildman–Crippen LogP) is 0.968. The number of carbonyl (C=O) groups is 3. The maximum absolute atomic E-state index is 12.2. The van der Waals surface area contributed by atoms with Crippen molar-refractivity contribution in [2.24, 2.45) is 0 Å². The van der Waals surface area contributed by atoms with Gasteiger partial charge in [-0.15, -0.1) is 0 Å². The lowest BCUT2D eigenvalue weighted by Crippen LogP contribution is -2.46. The summed E-state index contributed by atoms with van der Waals surface area (Å²) in [7, 11) is 2.99. The number of nitrogens with zero attached hydrogens (tertiary/aromatic N) is 2. The van der Waals surface area contributed by atoms with Crippen molar-refractivity contribution in [2.75, 3.05) is 60.2 Å². The maximum Gasteiger partial charge on any atom is 0.344 e. The van der Waals surface area contributed by atoms with Gasteiger partial charge in [-0.1, -0.05) is 18.2 Å². The van der Waals surface area contributed by atoms with E-state index in [9.17, 15) is 14.4 Å². The molecule has 164 valence electrons. The quantitative estimate of drug-likeness (QED) is 0.550. The van der Waals surface area contributed by atoms with Crippen LogP contribution in [0, 0.1) is 0 Å². The third-order valence-electron chi connectivity index (χ3n) is 4.41. The van der Waals surface area contributed by atoms with Gasteiger partial charge in [0.15, 0.2) is 24.7 Å². The molecule has 0 N–H and O–H groups in total. The Balaban J connectivity index is 1.75. The fourth-order valence-corrected chi connectivity index (χ4v) is 2.73. The molecule has 0 unspecified atom stereocenters. The predicted molar refractivity (Wildman–Crippen MR) is 109 cm³/mol. The van der Waals surface area contributed by atoms with Crippen molar-refractivity contribution in [3.8, 4) is 11.5 Å². The summed E-state index contributed by atoms with van der Waals surface area (Å²) < 4.78 is 20.9. The van der Waals surface area contributed by atoms with Crippen LogP contribution in [0.3, 0.4) is 0 Å². The SMILES string of the molecule is C/C=C/c1ccc(OCC(=O)OCC(=O)N(C)CC(=O)N2CCOCC2)c(OC)c1. The Kier molecular flexibility index (Phi) is 9.14. The summed E-state index contributed by atoms with van der Waals surface area (Å²) >= 11 is 0. The molecule has 9 nitrogen and oxygen atoms in total. The molecule has 0 aliphatic carbocycles. The van der Waals surface area contributed by atoms with Crippen LogP contribution in [0.5, 0.6) is 11.5 Å². The summed E-state index contributed by atoms with van der Waals surface area (Å²) in [5.74, 6) is -0.468. The number of carbonyl (C=O) groups excluding carboxylic acids is 3. The molecule has 30 heavy (non-hydrogen) atoms. The van der Waals surface area contributed by atoms with Crippen LogP contribution in [0.1, 0.15) is 12.5 Å². The van der Waals surface area contributed by atoms with Crippen LogP contribution in [0.2, 0.25) is 0 Å². The Morgan fingerprint density at radius 2 is 1.90 bits per heavy atom. The second-order valence-corrected chi connectivity index (χ2v) is 6.60. The summed E-state index contributed by atoms with van der Waals surface area (Å²) in [6.07, 6.45) is 3.81. The van der Waals surface area contributed by atoms with Crippen molar-refractivity contribution in [3.05, 3.63) is 29.8 Å². The van der Waals surface area contributed by atoms with E-state index < -0.39 is 18.5 Å². The Morgan fingerprint density at radius 1 is 1.17 bits per heavy atom. The molecular weight excluding hydrogens is 392 g/mol. The van der Waals surface area contributed by atoms with E-state index >= 15 is 0 Å². The molecule has 1 aromatic carbocycles. The van der Waals surface area contributed by atoms with E-state index in [4.69, 9.17) is 18.9 Å². The average Bonchev–Trinajstić information content (AvgIpc) is 2.77. The molecule has 0 saturated carbocycles. The largest absolute Gasteiger partial charge is 0.493 e. The smallest absolute Gasteiger partial charge is 0.344 e. The molecule has 1 aliphatic heterocycles. The molecule has 2 amide bonds. The number of allylic oxidation sites excluding steroid dienone is 1. The first kappa shape index (κ1) is 23.2. The lowest BCUT2D eigenvalue weighted by molar-refractivity contribution is -0.154. The van der Waals surface area contributed by atoms with Crippen molar-refractivity contribution >= 4 is 23.9 Å². The number of amides is 2. The Hall–Kier alpha value is -3.07. The first-order chi connectivity index (χ1) is 14.4. The van der Waals surface area contributed by atoms with E-state index in [1.807, 2.05) is 25.1 Å². The van der Waals surface area contributed by atoms with E-state index in [2.05, 4.69) is 0 Å². The number of ether oxygens (including phenoxy) is 4. The van der Waals surface area contributed by atoms with Crippen molar-refractivity contribution in [1.82, 2.24) is 9.80 Å². The standard InChI is InChI=1S/C21H28N2O7/c1-4-5-16-6-7-17(18(12-16)27-3)29-15-21(26)30-14-20(25)22(2)13-19(24)23-8-10-28-11-9-23/h4-7,12H,8-11,13-15H2,1-3H3/b5-4+. The average molecular weight is 420 g/mol. The molecule has 2 rings (SSSR count). The van der Waals surface area contributed by atoms with Crippen LogP contribution in [-0.2, 0) is 23.9 Å². The summed E-state index contributed by atoms with van der Waals surface area (Å²) in [5, 5.41) is 0. The van der Waals surface area contributed by atoms with Gasteiger partial charge in [0.05, 0.1) is 26.9 Å². The van der Waals surface area contributed by atoms with Gasteiger partial charge in [-0.3, -0.25) is 9.59 Å². The molecule has 0 radical (unpaired) electrons. The highest BCUT2D eigenvalue weighted by Gasteiger charge is 2.21. The molecule has 1 aromatic rings. The highest BCUT2D eigenvalue weighted by Crippen LogP contribution is 2.28. The fourth-order valence-electron chi connectivity index (χ4n) is 2.73. The van der Waals surface area contributed by atoms with E-state index in [0.717, 1.165) is 5.56 Å². The molecule has 1 saturated heterocycles. The monoisotopic (exact) mass is 420 g/mol. The van der Waals surface area contributed by atoms with Gasteiger partial charge in [-0.25, -0.2) is 4.79 Å². The number of methoxy groups -OCH3 is 1. The van der Waals surface area contributed by atoms with E-state index in [1.165, 1.54) is 19.1 Å². The molecule has 1 heterocycles. The number of benzene rings is 1. The highest BCUT2D eigenvalue weighted by molar-refractivity contribution is 5.86. The summed E-state index contributed by atoms with van der Waals surface area (Å²) in [4.78, 5) is 39.1. The molecular formula is C21H28N2O7. The van der Waals surface area contributed by atoms with Gasteiger partial charge >= 0.3 is 5.97 Å². The highest BCUT2D eigenvalue weighted by atomic mass is 16.6. The van der Waals surface area contributed by atoms with E-state index in [0.29, 0.717) is 37.8 Å². The van der Waals surface area contributed by atoms with E-state index in [1.54, 1.807) is 17.0 Å². The van der Waals surface area contributed by atoms with Crippen LogP contribution in [-0.4, -0.2) is 87.8 Å². The number of morpholine rings is 1. The van der Waals surface area contributed by atoms with Crippen molar-refractivity contribution in [3.63, 3.8) is 0 Å². The third-order valence-corrected chi connectivity index (χ3v) is 4.41. The number of esters is 1. The molecule has 0 aromatic heterocycles. The van der Waals surface area contributed by atoms with Gasteiger partial charge in [0, 0.05) is 20.1 Å². The Morgan fingerprint density at radius 3 is 2.57 bits per heavy atom. The van der Waals surface area contributed by atoms with Crippen molar-refractivity contribution < 1.29 is 33.3 Å². The first-order valence-corrected chi connectivity index (χ1v) is 9.63. The van der Waals surface area contributed by atoms with Gasteiger partial charge in [0.25, 0.3) is 5.91 Å². The molecule has 0 spiro atoms. The molecule has 0 bridgehead atoms. The zero-order valence-corrected chi connectivity index (χ0v) is 17.6. The number of hydrogen-bond acceptors (Lipinski definition) is 7. The van der Waals surface area contributed by atoms with Gasteiger partial charge in [0.2, 0.25) is 5.91 Å². The van der Waals surface area contributed by atoms with Crippen LogP contribution in [0.15, 0.2) is 24.3 Å². The van der Waals surface area contributed by atoms with Crippen LogP contribution in [0.4, 0.5) is 0 Å². The second kappa shape index (κ2) is 11.8. The maximum atomic E-state index is 12.2. The second-order valence-electron chi connectivity index (χ2n) is 6.60. The first-order valence-electron chi connectivity index (χ1n) is 9.63. The zero-order valence-electron chi connectivity index (χ0n) is 17.6. The third kappa shape index (κ3) is 7.07. The Labute approximate surface area is 176 Å². The number of rotatable bonds is 9. The number of hydrogen-bond donors (Lipinski definition) is 0. The molecule has 0 atom stereocenters. The molecule has 1 aliphatic rings. The van der Waals surface area contributed by atoms with Crippen molar-refractivity contribution in [1.29, 1.82) is 0 Å². The minimum Gasteiger partial charge on any atom is -0.493 e. The molecule has 9 heteroatoms. The normalized spacial score (nSPS) is 13.8. The lowest BCUT2D eigenvalue weighted by Gasteiger charge is -2.28. The summed E-state index contributed by atoms with van der Waals surface area (Å²) in [6, 6.07) is 5.30. The lowest BCUT2D eigenvalue weighted by atomic mass is 10.2. The van der Waals surface area contributed by atoms with Gasteiger partial charge in [-0.05, 0) is 24.6 Å². The van der Waals surface area contributed by atoms with Crippen LogP contribution < -0.4 is 9.47 Å². The summed E-state index contributed by atoms with van der Waals surface area (Å²) in [6.45, 7) is 2.98. The minimum absolute atomic E-state index is 0.0807. The van der Waals surface area contributed by atoms with Crippen molar-refractivity contribution in [2.45, 2.75) is 6.92 Å². The Bertz CT molecular complexity index is 773. The zero-order chi connectivity index (χ0) is 21.9. The fraction of sp³-hybridized carbons (Fsp3) is 0.476. The minimum atomic E-state index is -0.698. The van der Waals surface area contributed by atoms with Crippen LogP contribution >= 0.6 is 0 Å². The van der Waals surface area contributed by atoms with E-state index in [-0.39, 0.29) is 19.1 Å². The van der Waals surface area contributed by atoms with Crippen LogP contribution in [0.25, 0.3) is 6.08 Å². The topological polar surface area (TPSA) is 94.6 Å². The molecule has 1 fully saturated rings. The van der Waals surface area contributed by atoms with Gasteiger partial charge in [-0.2, -0.15) is 0 Å². The number of likely N-dealkylation sites (N-methyl/N-ethyl adjacent to an activating group) is 1. The summed E-state index contributed by atoms with van der Waals surface area (Å²) in [5.41, 5.74) is 0.935. The van der Waals surface area contributed by atoms with Gasteiger partial charge in [0.1, 0.15) is 0 Å².